The summed E-state index contributed by atoms with van der Waals surface area (Å²) in [5.41, 5.74) is 0.455. The second-order valence-corrected chi connectivity index (χ2v) is 9.69. The first-order valence-corrected chi connectivity index (χ1v) is 11.4. The second-order valence-electron chi connectivity index (χ2n) is 7.69. The lowest BCUT2D eigenvalue weighted by Gasteiger charge is -2.30. The Bertz CT molecular complexity index is 759. The summed E-state index contributed by atoms with van der Waals surface area (Å²) in [5, 5.41) is 3.14. The van der Waals surface area contributed by atoms with E-state index >= 15 is 0 Å². The molecule has 0 radical (unpaired) electrons. The van der Waals surface area contributed by atoms with Crippen LogP contribution < -0.4 is 5.32 Å². The third-order valence-electron chi connectivity index (χ3n) is 5.92. The zero-order chi connectivity index (χ0) is 19.4. The Morgan fingerprint density at radius 2 is 1.93 bits per heavy atom. The number of likely N-dealkylation sites (N-methyl/N-ethyl adjacent to an activating group) is 1. The normalized spacial score (nSPS) is 21.7. The van der Waals surface area contributed by atoms with Gasteiger partial charge in [0.2, 0.25) is 10.0 Å². The van der Waals surface area contributed by atoms with Gasteiger partial charge in [-0.15, -0.1) is 0 Å². The van der Waals surface area contributed by atoms with Crippen molar-refractivity contribution in [1.82, 2.24) is 14.5 Å². The number of hydrogen-bond donors (Lipinski definition) is 1. The second kappa shape index (κ2) is 8.71. The predicted octanol–water partition coefficient (Wildman–Crippen LogP) is 2.46. The number of nitrogens with one attached hydrogen (secondary N) is 1. The van der Waals surface area contributed by atoms with Crippen LogP contribution in [0, 0.1) is 0 Å². The standard InChI is InChI=1S/C20H31N3O3S/c1-21-15-18-11-7-13-23(18)20(24)16-8-6-12-19(14-16)27(25,26)22(2)17-9-4-3-5-10-17/h6,8,12,14,17-18,21H,3-5,7,9-11,13,15H2,1-2H3. The molecular weight excluding hydrogens is 362 g/mol. The average Bonchev–Trinajstić information content (AvgIpc) is 3.16. The summed E-state index contributed by atoms with van der Waals surface area (Å²) in [4.78, 5) is 15.1. The Hall–Kier alpha value is -1.44. The predicted molar refractivity (Wildman–Crippen MR) is 106 cm³/mol. The fourth-order valence-corrected chi connectivity index (χ4v) is 5.78. The molecule has 1 amide bonds. The molecule has 1 saturated heterocycles. The summed E-state index contributed by atoms with van der Waals surface area (Å²) in [6.45, 7) is 1.48. The van der Waals surface area contributed by atoms with Crippen LogP contribution in [0.3, 0.4) is 0 Å². The van der Waals surface area contributed by atoms with E-state index in [4.69, 9.17) is 0 Å². The van der Waals surface area contributed by atoms with Crippen molar-refractivity contribution in [3.05, 3.63) is 29.8 Å². The Kier molecular flexibility index (Phi) is 6.55. The largest absolute Gasteiger partial charge is 0.334 e. The lowest BCUT2D eigenvalue weighted by molar-refractivity contribution is 0.0737. The number of sulfonamides is 1. The van der Waals surface area contributed by atoms with Crippen molar-refractivity contribution in [1.29, 1.82) is 0 Å². The number of likely N-dealkylation sites (tertiary alicyclic amines) is 1. The van der Waals surface area contributed by atoms with Gasteiger partial charge in [0.25, 0.3) is 5.91 Å². The monoisotopic (exact) mass is 393 g/mol. The molecule has 1 aromatic carbocycles. The van der Waals surface area contributed by atoms with Crippen LogP contribution >= 0.6 is 0 Å². The van der Waals surface area contributed by atoms with Crippen molar-refractivity contribution in [2.45, 2.75) is 61.9 Å². The van der Waals surface area contributed by atoms with Crippen LogP contribution in [-0.2, 0) is 10.0 Å². The van der Waals surface area contributed by atoms with Gasteiger partial charge in [0.05, 0.1) is 4.90 Å². The van der Waals surface area contributed by atoms with Gasteiger partial charge >= 0.3 is 0 Å². The summed E-state index contributed by atoms with van der Waals surface area (Å²) >= 11 is 0. The van der Waals surface area contributed by atoms with Crippen molar-refractivity contribution in [2.24, 2.45) is 0 Å². The molecule has 1 unspecified atom stereocenters. The fraction of sp³-hybridized carbons (Fsp3) is 0.650. The van der Waals surface area contributed by atoms with Crippen LogP contribution in [0.25, 0.3) is 0 Å². The molecule has 6 nitrogen and oxygen atoms in total. The lowest BCUT2D eigenvalue weighted by atomic mass is 9.96. The van der Waals surface area contributed by atoms with Crippen LogP contribution in [0.5, 0.6) is 0 Å². The Balaban J connectivity index is 1.81. The molecule has 1 aliphatic carbocycles. The van der Waals surface area contributed by atoms with Gasteiger partial charge in [-0.25, -0.2) is 8.42 Å². The van der Waals surface area contributed by atoms with Gasteiger partial charge in [-0.3, -0.25) is 4.79 Å². The fourth-order valence-electron chi connectivity index (χ4n) is 4.31. The molecule has 150 valence electrons. The van der Waals surface area contributed by atoms with Gasteiger partial charge in [-0.2, -0.15) is 4.31 Å². The molecule has 1 aliphatic heterocycles. The quantitative estimate of drug-likeness (QED) is 0.806. The Morgan fingerprint density at radius 1 is 1.19 bits per heavy atom. The maximum Gasteiger partial charge on any atom is 0.254 e. The summed E-state index contributed by atoms with van der Waals surface area (Å²) in [7, 11) is -0.0376. The maximum atomic E-state index is 13.1. The van der Waals surface area contributed by atoms with E-state index in [9.17, 15) is 13.2 Å². The van der Waals surface area contributed by atoms with Gasteiger partial charge in [0.1, 0.15) is 0 Å². The first-order valence-electron chi connectivity index (χ1n) is 9.99. The van der Waals surface area contributed by atoms with Crippen molar-refractivity contribution < 1.29 is 13.2 Å². The zero-order valence-electron chi connectivity index (χ0n) is 16.4. The number of carbonyl (C=O) groups is 1. The number of amides is 1. The SMILES string of the molecule is CNCC1CCCN1C(=O)c1cccc(S(=O)(=O)N(C)C2CCCCC2)c1. The van der Waals surface area contributed by atoms with Crippen molar-refractivity contribution in [2.75, 3.05) is 27.2 Å². The molecule has 1 N–H and O–H groups in total. The van der Waals surface area contributed by atoms with E-state index in [-0.39, 0.29) is 22.9 Å². The van der Waals surface area contributed by atoms with Crippen LogP contribution in [0.15, 0.2) is 29.2 Å². The lowest BCUT2D eigenvalue weighted by Crippen LogP contribution is -2.41. The van der Waals surface area contributed by atoms with Crippen LogP contribution in [-0.4, -0.2) is 62.8 Å². The van der Waals surface area contributed by atoms with Gasteiger partial charge in [0, 0.05) is 37.8 Å². The smallest absolute Gasteiger partial charge is 0.254 e. The highest BCUT2D eigenvalue weighted by molar-refractivity contribution is 7.89. The first kappa shape index (κ1) is 20.3. The third-order valence-corrected chi connectivity index (χ3v) is 7.83. The summed E-state index contributed by atoms with van der Waals surface area (Å²) in [5.74, 6) is -0.0786. The number of benzene rings is 1. The minimum Gasteiger partial charge on any atom is -0.334 e. The summed E-state index contributed by atoms with van der Waals surface area (Å²) < 4.78 is 27.7. The average molecular weight is 394 g/mol. The molecule has 3 rings (SSSR count). The molecule has 1 aromatic rings. The number of carbonyl (C=O) groups excluding carboxylic acids is 1. The summed E-state index contributed by atoms with van der Waals surface area (Å²) in [6, 6.07) is 6.77. The minimum absolute atomic E-state index is 0.0571. The molecule has 1 saturated carbocycles. The van der Waals surface area contributed by atoms with Gasteiger partial charge < -0.3 is 10.2 Å². The summed E-state index contributed by atoms with van der Waals surface area (Å²) in [6.07, 6.45) is 7.12. The molecule has 7 heteroatoms. The maximum absolute atomic E-state index is 13.1. The van der Waals surface area contributed by atoms with Crippen molar-refractivity contribution >= 4 is 15.9 Å². The van der Waals surface area contributed by atoms with Gasteiger partial charge in [0.15, 0.2) is 0 Å². The highest BCUT2D eigenvalue weighted by Crippen LogP contribution is 2.27. The Labute approximate surface area is 163 Å². The molecule has 0 bridgehead atoms. The number of hydrogen-bond acceptors (Lipinski definition) is 4. The topological polar surface area (TPSA) is 69.7 Å². The molecule has 1 heterocycles. The molecule has 1 atom stereocenters. The molecule has 2 aliphatic rings. The first-order chi connectivity index (χ1) is 12.9. The van der Waals surface area contributed by atoms with E-state index in [0.717, 1.165) is 51.6 Å². The van der Waals surface area contributed by atoms with Crippen molar-refractivity contribution in [3.63, 3.8) is 0 Å². The van der Waals surface area contributed by atoms with E-state index in [2.05, 4.69) is 5.32 Å². The zero-order valence-corrected chi connectivity index (χ0v) is 17.2. The van der Waals surface area contributed by atoms with Crippen LogP contribution in [0.1, 0.15) is 55.3 Å². The van der Waals surface area contributed by atoms with E-state index in [0.29, 0.717) is 5.56 Å². The molecule has 27 heavy (non-hydrogen) atoms. The number of rotatable bonds is 6. The highest BCUT2D eigenvalue weighted by atomic mass is 32.2. The van der Waals surface area contributed by atoms with Crippen LogP contribution in [0.4, 0.5) is 0 Å². The molecular formula is C20H31N3O3S. The van der Waals surface area contributed by atoms with E-state index in [1.54, 1.807) is 31.3 Å². The van der Waals surface area contributed by atoms with Crippen LogP contribution in [0.2, 0.25) is 0 Å². The van der Waals surface area contributed by atoms with Gasteiger partial charge in [-0.1, -0.05) is 25.3 Å². The molecule has 2 fully saturated rings. The van der Waals surface area contributed by atoms with Crippen molar-refractivity contribution in [3.8, 4) is 0 Å². The Morgan fingerprint density at radius 3 is 2.63 bits per heavy atom. The molecule has 0 aromatic heterocycles. The van der Waals surface area contributed by atoms with E-state index in [1.165, 1.54) is 10.7 Å². The third kappa shape index (κ3) is 4.36. The van der Waals surface area contributed by atoms with E-state index < -0.39 is 10.0 Å². The highest BCUT2D eigenvalue weighted by Gasteiger charge is 2.32. The minimum atomic E-state index is -3.59. The van der Waals surface area contributed by atoms with Gasteiger partial charge in [-0.05, 0) is 50.9 Å². The van der Waals surface area contributed by atoms with E-state index in [1.807, 2.05) is 11.9 Å². The molecule has 0 spiro atoms. The number of nitrogens with zero attached hydrogens (tertiary/aromatic N) is 2.